The number of fused-ring (bicyclic) bond motifs is 1. The standard InChI is InChI=1S/C14H14FNO2S/c15-10-2-1-3-11-12(10)9(13(19-11)14(17)18)7-16-6-8-4-5-8/h1-3,8,16H,4-7H2,(H,17,18). The first-order chi connectivity index (χ1) is 9.16. The number of hydrogen-bond donors (Lipinski definition) is 2. The molecule has 0 atom stereocenters. The second kappa shape index (κ2) is 4.90. The van der Waals surface area contributed by atoms with Crippen molar-refractivity contribution in [2.75, 3.05) is 6.54 Å². The van der Waals surface area contributed by atoms with E-state index in [1.54, 1.807) is 12.1 Å². The van der Waals surface area contributed by atoms with Gasteiger partial charge in [0.15, 0.2) is 0 Å². The fourth-order valence-electron chi connectivity index (χ4n) is 2.23. The van der Waals surface area contributed by atoms with E-state index in [-0.39, 0.29) is 10.7 Å². The summed E-state index contributed by atoms with van der Waals surface area (Å²) in [6.45, 7) is 1.30. The van der Waals surface area contributed by atoms with Crippen LogP contribution in [-0.4, -0.2) is 17.6 Å². The molecule has 2 N–H and O–H groups in total. The summed E-state index contributed by atoms with van der Waals surface area (Å²) in [7, 11) is 0. The predicted octanol–water partition coefficient (Wildman–Crippen LogP) is 3.24. The lowest BCUT2D eigenvalue weighted by Gasteiger charge is -2.05. The van der Waals surface area contributed by atoms with Crippen molar-refractivity contribution in [2.24, 2.45) is 5.92 Å². The Hall–Kier alpha value is -1.46. The minimum atomic E-state index is -0.983. The van der Waals surface area contributed by atoms with Crippen LogP contribution in [0.5, 0.6) is 0 Å². The van der Waals surface area contributed by atoms with Crippen molar-refractivity contribution in [3.63, 3.8) is 0 Å². The zero-order valence-corrected chi connectivity index (χ0v) is 11.1. The number of halogens is 1. The quantitative estimate of drug-likeness (QED) is 0.883. The lowest BCUT2D eigenvalue weighted by atomic mass is 10.1. The smallest absolute Gasteiger partial charge is 0.346 e. The third-order valence-electron chi connectivity index (χ3n) is 3.39. The lowest BCUT2D eigenvalue weighted by molar-refractivity contribution is 0.0701. The molecule has 3 nitrogen and oxygen atoms in total. The molecule has 1 aliphatic carbocycles. The number of carbonyl (C=O) groups is 1. The molecule has 1 aromatic carbocycles. The van der Waals surface area contributed by atoms with Gasteiger partial charge in [-0.1, -0.05) is 6.07 Å². The molecule has 0 saturated heterocycles. The normalized spacial score (nSPS) is 15.0. The summed E-state index contributed by atoms with van der Waals surface area (Å²) < 4.78 is 14.6. The van der Waals surface area contributed by atoms with Crippen LogP contribution in [0.2, 0.25) is 0 Å². The lowest BCUT2D eigenvalue weighted by Crippen LogP contribution is -2.17. The molecule has 100 valence electrons. The van der Waals surface area contributed by atoms with Gasteiger partial charge in [-0.25, -0.2) is 9.18 Å². The minimum absolute atomic E-state index is 0.239. The highest BCUT2D eigenvalue weighted by Gasteiger charge is 2.23. The maximum Gasteiger partial charge on any atom is 0.346 e. The zero-order valence-electron chi connectivity index (χ0n) is 10.3. The Bertz CT molecular complexity index is 634. The Morgan fingerprint density at radius 2 is 2.26 bits per heavy atom. The van der Waals surface area contributed by atoms with Gasteiger partial charge < -0.3 is 10.4 Å². The van der Waals surface area contributed by atoms with E-state index < -0.39 is 5.97 Å². The molecule has 0 radical (unpaired) electrons. The Balaban J connectivity index is 1.97. The number of nitrogens with one attached hydrogen (secondary N) is 1. The van der Waals surface area contributed by atoms with Crippen LogP contribution in [0.4, 0.5) is 4.39 Å². The van der Waals surface area contributed by atoms with Crippen molar-refractivity contribution in [1.29, 1.82) is 0 Å². The first-order valence-electron chi connectivity index (χ1n) is 6.30. The summed E-state index contributed by atoms with van der Waals surface area (Å²) in [5.74, 6) is -0.615. The number of rotatable bonds is 5. The molecule has 1 aliphatic rings. The summed E-state index contributed by atoms with van der Waals surface area (Å²) >= 11 is 1.14. The number of carboxylic acid groups (broad SMARTS) is 1. The van der Waals surface area contributed by atoms with E-state index in [2.05, 4.69) is 5.32 Å². The van der Waals surface area contributed by atoms with Crippen LogP contribution in [0.3, 0.4) is 0 Å². The average Bonchev–Trinajstić information content (AvgIpc) is 3.10. The molecule has 0 spiro atoms. The number of hydrogen-bond acceptors (Lipinski definition) is 3. The molecule has 0 amide bonds. The SMILES string of the molecule is O=C(O)c1sc2cccc(F)c2c1CNCC1CC1. The third-order valence-corrected chi connectivity index (χ3v) is 4.57. The number of carboxylic acids is 1. The third kappa shape index (κ3) is 2.48. The van der Waals surface area contributed by atoms with E-state index in [4.69, 9.17) is 0 Å². The van der Waals surface area contributed by atoms with Gasteiger partial charge in [0, 0.05) is 22.2 Å². The molecule has 19 heavy (non-hydrogen) atoms. The Morgan fingerprint density at radius 1 is 1.47 bits per heavy atom. The number of thiophene rings is 1. The predicted molar refractivity (Wildman–Crippen MR) is 73.2 cm³/mol. The van der Waals surface area contributed by atoms with E-state index in [9.17, 15) is 14.3 Å². The van der Waals surface area contributed by atoms with Crippen LogP contribution in [0, 0.1) is 11.7 Å². The van der Waals surface area contributed by atoms with Gasteiger partial charge in [-0.3, -0.25) is 0 Å². The monoisotopic (exact) mass is 279 g/mol. The summed E-state index contributed by atoms with van der Waals surface area (Å²) in [6.07, 6.45) is 2.47. The molecule has 1 saturated carbocycles. The second-order valence-electron chi connectivity index (χ2n) is 4.90. The molecule has 1 aromatic heterocycles. The molecule has 0 unspecified atom stereocenters. The van der Waals surface area contributed by atoms with E-state index in [1.807, 2.05) is 0 Å². The van der Waals surface area contributed by atoms with Crippen molar-refractivity contribution < 1.29 is 14.3 Å². The first kappa shape index (κ1) is 12.6. The summed E-state index contributed by atoms with van der Waals surface area (Å²) in [5.41, 5.74) is 0.575. The first-order valence-corrected chi connectivity index (χ1v) is 7.12. The molecule has 3 rings (SSSR count). The van der Waals surface area contributed by atoms with Crippen LogP contribution >= 0.6 is 11.3 Å². The molecular formula is C14H14FNO2S. The van der Waals surface area contributed by atoms with Gasteiger partial charge in [0.1, 0.15) is 10.7 Å². The van der Waals surface area contributed by atoms with Crippen molar-refractivity contribution >= 4 is 27.4 Å². The van der Waals surface area contributed by atoms with Gasteiger partial charge in [0.05, 0.1) is 0 Å². The van der Waals surface area contributed by atoms with Gasteiger partial charge in [0.2, 0.25) is 0 Å². The van der Waals surface area contributed by atoms with Crippen LogP contribution < -0.4 is 5.32 Å². The largest absolute Gasteiger partial charge is 0.477 e. The molecule has 5 heteroatoms. The molecule has 0 bridgehead atoms. The van der Waals surface area contributed by atoms with E-state index >= 15 is 0 Å². The maximum atomic E-state index is 13.9. The van der Waals surface area contributed by atoms with Gasteiger partial charge in [-0.2, -0.15) is 0 Å². The number of aromatic carboxylic acids is 1. The molecular weight excluding hydrogens is 265 g/mol. The van der Waals surface area contributed by atoms with Crippen LogP contribution in [-0.2, 0) is 6.54 Å². The summed E-state index contributed by atoms with van der Waals surface area (Å²) in [4.78, 5) is 11.5. The van der Waals surface area contributed by atoms with Crippen LogP contribution in [0.15, 0.2) is 18.2 Å². The molecule has 0 aliphatic heterocycles. The van der Waals surface area contributed by atoms with Crippen LogP contribution in [0.25, 0.3) is 10.1 Å². The maximum absolute atomic E-state index is 13.9. The van der Waals surface area contributed by atoms with Crippen molar-refractivity contribution in [1.82, 2.24) is 5.32 Å². The Labute approximate surface area is 114 Å². The zero-order chi connectivity index (χ0) is 13.4. The van der Waals surface area contributed by atoms with Gasteiger partial charge in [-0.05, 0) is 37.4 Å². The van der Waals surface area contributed by atoms with Gasteiger partial charge in [0.25, 0.3) is 0 Å². The van der Waals surface area contributed by atoms with Crippen LogP contribution in [0.1, 0.15) is 28.1 Å². The number of benzene rings is 1. The Morgan fingerprint density at radius 3 is 2.95 bits per heavy atom. The molecule has 1 heterocycles. The van der Waals surface area contributed by atoms with Crippen molar-refractivity contribution in [3.05, 3.63) is 34.5 Å². The fraction of sp³-hybridized carbons (Fsp3) is 0.357. The van der Waals surface area contributed by atoms with Crippen molar-refractivity contribution in [2.45, 2.75) is 19.4 Å². The molecule has 1 fully saturated rings. The summed E-state index contributed by atoms with van der Waals surface area (Å²) in [5, 5.41) is 12.9. The van der Waals surface area contributed by atoms with E-state index in [0.29, 0.717) is 28.1 Å². The minimum Gasteiger partial charge on any atom is -0.477 e. The fourth-order valence-corrected chi connectivity index (χ4v) is 3.31. The highest BCUT2D eigenvalue weighted by Crippen LogP contribution is 2.33. The van der Waals surface area contributed by atoms with E-state index in [0.717, 1.165) is 17.9 Å². The topological polar surface area (TPSA) is 49.3 Å². The Kier molecular flexibility index (Phi) is 3.24. The van der Waals surface area contributed by atoms with Gasteiger partial charge >= 0.3 is 5.97 Å². The van der Waals surface area contributed by atoms with Crippen molar-refractivity contribution in [3.8, 4) is 0 Å². The highest BCUT2D eigenvalue weighted by atomic mass is 32.1. The van der Waals surface area contributed by atoms with Gasteiger partial charge in [-0.15, -0.1) is 11.3 Å². The second-order valence-corrected chi connectivity index (χ2v) is 5.95. The average molecular weight is 279 g/mol. The highest BCUT2D eigenvalue weighted by molar-refractivity contribution is 7.21. The summed E-state index contributed by atoms with van der Waals surface area (Å²) in [6, 6.07) is 4.76. The molecule has 2 aromatic rings. The van der Waals surface area contributed by atoms with E-state index in [1.165, 1.54) is 18.9 Å².